The maximum atomic E-state index is 6.11. The van der Waals surface area contributed by atoms with Gasteiger partial charge in [-0.15, -0.1) is 11.3 Å². The molecule has 0 spiro atoms. The predicted octanol–water partition coefficient (Wildman–Crippen LogP) is 5.26. The van der Waals surface area contributed by atoms with Gasteiger partial charge in [-0.05, 0) is 53.2 Å². The largest absolute Gasteiger partial charge is 0.459 e. The van der Waals surface area contributed by atoms with Gasteiger partial charge in [0.25, 0.3) is 0 Å². The zero-order valence-electron chi connectivity index (χ0n) is 11.4. The number of halogens is 1. The smallest absolute Gasteiger partial charge is 0.137 e. The molecular formula is C16H16BrNOS. The summed E-state index contributed by atoms with van der Waals surface area (Å²) in [5.74, 6) is 0.977. The highest BCUT2D eigenvalue weighted by atomic mass is 79.9. The quantitative estimate of drug-likeness (QED) is 0.694. The van der Waals surface area contributed by atoms with Crippen LogP contribution in [-0.4, -0.2) is 6.54 Å². The number of rotatable bonds is 4. The van der Waals surface area contributed by atoms with Crippen molar-refractivity contribution in [3.8, 4) is 0 Å². The molecule has 3 aromatic rings. The Morgan fingerprint density at radius 3 is 2.80 bits per heavy atom. The van der Waals surface area contributed by atoms with E-state index in [0.717, 1.165) is 21.7 Å². The average molecular weight is 350 g/mol. The Hall–Kier alpha value is -1.10. The summed E-state index contributed by atoms with van der Waals surface area (Å²) in [6.45, 7) is 5.10. The molecule has 4 heteroatoms. The molecule has 0 radical (unpaired) electrons. The van der Waals surface area contributed by atoms with Crippen LogP contribution < -0.4 is 5.32 Å². The van der Waals surface area contributed by atoms with E-state index in [1.807, 2.05) is 0 Å². The van der Waals surface area contributed by atoms with E-state index in [4.69, 9.17) is 4.42 Å². The van der Waals surface area contributed by atoms with Crippen LogP contribution in [0.4, 0.5) is 0 Å². The van der Waals surface area contributed by atoms with E-state index >= 15 is 0 Å². The number of fused-ring (bicyclic) bond motifs is 1. The molecule has 0 bridgehead atoms. The van der Waals surface area contributed by atoms with Gasteiger partial charge in [-0.25, -0.2) is 0 Å². The Kier molecular flexibility index (Phi) is 3.96. The van der Waals surface area contributed by atoms with Crippen molar-refractivity contribution in [3.63, 3.8) is 0 Å². The third-order valence-electron chi connectivity index (χ3n) is 3.33. The molecule has 2 nitrogen and oxygen atoms in total. The Labute approximate surface area is 130 Å². The second-order valence-corrected chi connectivity index (χ2v) is 7.27. The van der Waals surface area contributed by atoms with E-state index < -0.39 is 0 Å². The summed E-state index contributed by atoms with van der Waals surface area (Å²) in [7, 11) is 0. The number of benzene rings is 1. The van der Waals surface area contributed by atoms with Crippen molar-refractivity contribution in [2.24, 2.45) is 0 Å². The van der Waals surface area contributed by atoms with Gasteiger partial charge in [-0.2, -0.15) is 0 Å². The van der Waals surface area contributed by atoms with E-state index in [1.165, 1.54) is 15.8 Å². The Morgan fingerprint density at radius 1 is 1.30 bits per heavy atom. The summed E-state index contributed by atoms with van der Waals surface area (Å²) in [4.78, 5) is 1.26. The summed E-state index contributed by atoms with van der Waals surface area (Å²) in [6, 6.07) is 12.7. The Bertz CT molecular complexity index is 731. The molecule has 1 atom stereocenters. The molecule has 0 amide bonds. The molecule has 3 rings (SSSR count). The number of furan rings is 1. The van der Waals surface area contributed by atoms with Gasteiger partial charge in [0.05, 0.1) is 3.79 Å². The van der Waals surface area contributed by atoms with Crippen molar-refractivity contribution in [2.75, 3.05) is 6.54 Å². The predicted molar refractivity (Wildman–Crippen MR) is 88.5 cm³/mol. The summed E-state index contributed by atoms with van der Waals surface area (Å²) in [5.41, 5.74) is 2.16. The third-order valence-corrected chi connectivity index (χ3v) is 5.02. The standard InChI is InChI=1S/C16H16BrNOS/c1-3-18-15(13-7-8-14(17)20-13)12-9-11-6-4-5-10(2)16(11)19-12/h4-9,15,18H,3H2,1-2H3. The van der Waals surface area contributed by atoms with Crippen LogP contribution in [0.2, 0.25) is 0 Å². The fraction of sp³-hybridized carbons (Fsp3) is 0.250. The first-order chi connectivity index (χ1) is 9.69. The van der Waals surface area contributed by atoms with Crippen LogP contribution in [0.25, 0.3) is 11.0 Å². The van der Waals surface area contributed by atoms with E-state index in [2.05, 4.69) is 71.5 Å². The normalized spacial score (nSPS) is 12.9. The summed E-state index contributed by atoms with van der Waals surface area (Å²) < 4.78 is 7.25. The van der Waals surface area contributed by atoms with Gasteiger partial charge >= 0.3 is 0 Å². The molecule has 0 aliphatic rings. The Balaban J connectivity index is 2.07. The number of nitrogens with one attached hydrogen (secondary N) is 1. The van der Waals surface area contributed by atoms with Gasteiger partial charge in [-0.1, -0.05) is 25.1 Å². The number of hydrogen-bond acceptors (Lipinski definition) is 3. The molecule has 2 aromatic heterocycles. The minimum Gasteiger partial charge on any atom is -0.459 e. The Morgan fingerprint density at radius 2 is 2.15 bits per heavy atom. The topological polar surface area (TPSA) is 25.2 Å². The maximum absolute atomic E-state index is 6.11. The fourth-order valence-electron chi connectivity index (χ4n) is 2.40. The van der Waals surface area contributed by atoms with Crippen LogP contribution in [0, 0.1) is 6.92 Å². The molecule has 2 heterocycles. The van der Waals surface area contributed by atoms with Gasteiger partial charge < -0.3 is 9.73 Å². The molecular weight excluding hydrogens is 334 g/mol. The number of thiophene rings is 1. The van der Waals surface area contributed by atoms with Crippen molar-refractivity contribution in [1.82, 2.24) is 5.32 Å². The van der Waals surface area contributed by atoms with E-state index in [1.54, 1.807) is 11.3 Å². The molecule has 0 saturated carbocycles. The monoisotopic (exact) mass is 349 g/mol. The van der Waals surface area contributed by atoms with Crippen molar-refractivity contribution in [3.05, 3.63) is 56.4 Å². The molecule has 20 heavy (non-hydrogen) atoms. The fourth-order valence-corrected chi connectivity index (χ4v) is 3.91. The highest BCUT2D eigenvalue weighted by molar-refractivity contribution is 9.11. The van der Waals surface area contributed by atoms with Gasteiger partial charge in [0.15, 0.2) is 0 Å². The summed E-state index contributed by atoms with van der Waals surface area (Å²) in [5, 5.41) is 4.67. The highest BCUT2D eigenvalue weighted by Crippen LogP contribution is 2.34. The molecule has 0 aliphatic carbocycles. The van der Waals surface area contributed by atoms with Crippen LogP contribution in [0.3, 0.4) is 0 Å². The van der Waals surface area contributed by atoms with Crippen LogP contribution in [0.5, 0.6) is 0 Å². The maximum Gasteiger partial charge on any atom is 0.137 e. The van der Waals surface area contributed by atoms with Crippen LogP contribution in [0.1, 0.15) is 29.2 Å². The third kappa shape index (κ3) is 2.55. The van der Waals surface area contributed by atoms with Gasteiger partial charge in [-0.3, -0.25) is 0 Å². The van der Waals surface area contributed by atoms with Gasteiger partial charge in [0.2, 0.25) is 0 Å². The van der Waals surface area contributed by atoms with Crippen LogP contribution >= 0.6 is 27.3 Å². The van der Waals surface area contributed by atoms with Crippen molar-refractivity contribution < 1.29 is 4.42 Å². The molecule has 0 aliphatic heterocycles. The van der Waals surface area contributed by atoms with Crippen molar-refractivity contribution in [2.45, 2.75) is 19.9 Å². The van der Waals surface area contributed by atoms with E-state index in [9.17, 15) is 0 Å². The average Bonchev–Trinajstić information content (AvgIpc) is 3.03. The lowest BCUT2D eigenvalue weighted by atomic mass is 10.1. The summed E-state index contributed by atoms with van der Waals surface area (Å²) >= 11 is 5.27. The van der Waals surface area contributed by atoms with E-state index in [-0.39, 0.29) is 6.04 Å². The lowest BCUT2D eigenvalue weighted by Gasteiger charge is -2.13. The van der Waals surface area contributed by atoms with Gasteiger partial charge in [0, 0.05) is 10.3 Å². The van der Waals surface area contributed by atoms with Crippen LogP contribution in [0.15, 0.2) is 44.6 Å². The molecule has 104 valence electrons. The number of aryl methyl sites for hydroxylation is 1. The minimum absolute atomic E-state index is 0.114. The minimum atomic E-state index is 0.114. The lowest BCUT2D eigenvalue weighted by molar-refractivity contribution is 0.480. The lowest BCUT2D eigenvalue weighted by Crippen LogP contribution is -2.20. The van der Waals surface area contributed by atoms with Crippen molar-refractivity contribution in [1.29, 1.82) is 0 Å². The second kappa shape index (κ2) is 5.72. The first kappa shape index (κ1) is 13.9. The number of hydrogen-bond donors (Lipinski definition) is 1. The highest BCUT2D eigenvalue weighted by Gasteiger charge is 2.19. The molecule has 1 aromatic carbocycles. The second-order valence-electron chi connectivity index (χ2n) is 4.77. The zero-order chi connectivity index (χ0) is 14.1. The SMILES string of the molecule is CCNC(c1cc2cccc(C)c2o1)c1ccc(Br)s1. The van der Waals surface area contributed by atoms with Gasteiger partial charge in [0.1, 0.15) is 17.4 Å². The molecule has 1 N–H and O–H groups in total. The van der Waals surface area contributed by atoms with Crippen molar-refractivity contribution >= 4 is 38.2 Å². The zero-order valence-corrected chi connectivity index (χ0v) is 13.8. The first-order valence-electron chi connectivity index (χ1n) is 6.66. The molecule has 0 fully saturated rings. The summed E-state index contributed by atoms with van der Waals surface area (Å²) in [6.07, 6.45) is 0. The van der Waals surface area contributed by atoms with E-state index in [0.29, 0.717) is 0 Å². The molecule has 0 saturated heterocycles. The molecule has 1 unspecified atom stereocenters. The number of para-hydroxylation sites is 1. The van der Waals surface area contributed by atoms with Crippen LogP contribution in [-0.2, 0) is 0 Å². The first-order valence-corrected chi connectivity index (χ1v) is 8.27.